The molecule has 0 spiro atoms. The molecular weight excluding hydrogens is 329 g/mol. The summed E-state index contributed by atoms with van der Waals surface area (Å²) in [6, 6.07) is 4.49. The van der Waals surface area contributed by atoms with Crippen LogP contribution in [0.3, 0.4) is 0 Å². The van der Waals surface area contributed by atoms with Gasteiger partial charge in [0.25, 0.3) is 5.91 Å². The van der Waals surface area contributed by atoms with E-state index in [2.05, 4.69) is 21.2 Å². The second kappa shape index (κ2) is 7.04. The van der Waals surface area contributed by atoms with Gasteiger partial charge in [0.1, 0.15) is 0 Å². The number of amides is 1. The summed E-state index contributed by atoms with van der Waals surface area (Å²) in [5.74, 6) is -0.718. The number of aliphatic hydroxyl groups is 1. The van der Waals surface area contributed by atoms with Crippen molar-refractivity contribution >= 4 is 21.8 Å². The Morgan fingerprint density at radius 2 is 2.10 bits per heavy atom. The number of benzene rings is 1. The average Bonchev–Trinajstić information content (AvgIpc) is 2.40. The Kier molecular flexibility index (Phi) is 5.37. The van der Waals surface area contributed by atoms with Gasteiger partial charge in [0.05, 0.1) is 6.10 Å². The molecule has 20 heavy (non-hydrogen) atoms. The highest BCUT2D eigenvalue weighted by atomic mass is 79.9. The lowest BCUT2D eigenvalue weighted by atomic mass is 9.93. The minimum Gasteiger partial charge on any atom is -0.481 e. The van der Waals surface area contributed by atoms with Gasteiger partial charge >= 0.3 is 0 Å². The Labute approximate surface area is 125 Å². The van der Waals surface area contributed by atoms with Crippen LogP contribution in [0.2, 0.25) is 0 Å². The van der Waals surface area contributed by atoms with Crippen molar-refractivity contribution in [3.05, 3.63) is 28.5 Å². The summed E-state index contributed by atoms with van der Waals surface area (Å²) in [5.41, 5.74) is 0. The van der Waals surface area contributed by atoms with Crippen LogP contribution in [0.5, 0.6) is 5.75 Å². The number of aliphatic hydroxyl groups excluding tert-OH is 1. The normalized spacial score (nSPS) is 22.4. The van der Waals surface area contributed by atoms with Gasteiger partial charge in [0.15, 0.2) is 18.2 Å². The van der Waals surface area contributed by atoms with Crippen molar-refractivity contribution < 1.29 is 19.0 Å². The molecule has 2 N–H and O–H groups in total. The molecule has 1 amide bonds. The van der Waals surface area contributed by atoms with Gasteiger partial charge in [-0.15, -0.1) is 0 Å². The molecule has 0 aromatic heterocycles. The van der Waals surface area contributed by atoms with Crippen molar-refractivity contribution in [2.45, 2.75) is 37.8 Å². The standard InChI is InChI=1S/C14H17BrFNO3/c15-9-1-6-13(12(16)7-9)20-8-14(19)17-10-2-4-11(18)5-3-10/h1,6-7,10-11,18H,2-5,8H2,(H,17,19). The lowest BCUT2D eigenvalue weighted by molar-refractivity contribution is -0.124. The summed E-state index contributed by atoms with van der Waals surface area (Å²) in [6.45, 7) is -0.211. The van der Waals surface area contributed by atoms with Gasteiger partial charge < -0.3 is 15.2 Å². The zero-order valence-corrected chi connectivity index (χ0v) is 12.5. The van der Waals surface area contributed by atoms with E-state index in [-0.39, 0.29) is 30.4 Å². The lowest BCUT2D eigenvalue weighted by Crippen LogP contribution is -2.40. The van der Waals surface area contributed by atoms with Crippen LogP contribution in [0.25, 0.3) is 0 Å². The molecule has 0 aliphatic heterocycles. The van der Waals surface area contributed by atoms with E-state index in [0.29, 0.717) is 17.3 Å². The fraction of sp³-hybridized carbons (Fsp3) is 0.500. The Bertz CT molecular complexity index is 475. The minimum atomic E-state index is -0.507. The third kappa shape index (κ3) is 4.45. The molecular formula is C14H17BrFNO3. The summed E-state index contributed by atoms with van der Waals surface area (Å²) in [5, 5.41) is 12.2. The second-order valence-electron chi connectivity index (χ2n) is 4.94. The van der Waals surface area contributed by atoms with Crippen molar-refractivity contribution in [3.63, 3.8) is 0 Å². The zero-order chi connectivity index (χ0) is 14.5. The molecule has 4 nitrogen and oxygen atoms in total. The van der Waals surface area contributed by atoms with Crippen LogP contribution in [0, 0.1) is 5.82 Å². The van der Waals surface area contributed by atoms with Gasteiger partial charge in [-0.2, -0.15) is 0 Å². The fourth-order valence-electron chi connectivity index (χ4n) is 2.23. The summed E-state index contributed by atoms with van der Waals surface area (Å²) in [6.07, 6.45) is 2.68. The largest absolute Gasteiger partial charge is 0.481 e. The van der Waals surface area contributed by atoms with Crippen molar-refractivity contribution in [1.82, 2.24) is 5.32 Å². The Morgan fingerprint density at radius 3 is 2.75 bits per heavy atom. The Morgan fingerprint density at radius 1 is 1.40 bits per heavy atom. The number of ether oxygens (including phenoxy) is 1. The van der Waals surface area contributed by atoms with Crippen LogP contribution < -0.4 is 10.1 Å². The first-order valence-electron chi connectivity index (χ1n) is 6.60. The molecule has 0 saturated heterocycles. The second-order valence-corrected chi connectivity index (χ2v) is 5.85. The SMILES string of the molecule is O=C(COc1ccc(Br)cc1F)NC1CCC(O)CC1. The predicted molar refractivity (Wildman–Crippen MR) is 76.0 cm³/mol. The summed E-state index contributed by atoms with van der Waals surface area (Å²) < 4.78 is 19.3. The maximum Gasteiger partial charge on any atom is 0.258 e. The van der Waals surface area contributed by atoms with Crippen molar-refractivity contribution in [2.24, 2.45) is 0 Å². The van der Waals surface area contributed by atoms with Gasteiger partial charge in [-0.1, -0.05) is 15.9 Å². The van der Waals surface area contributed by atoms with E-state index in [1.807, 2.05) is 0 Å². The van der Waals surface area contributed by atoms with Crippen LogP contribution in [0.15, 0.2) is 22.7 Å². The molecule has 0 heterocycles. The quantitative estimate of drug-likeness (QED) is 0.880. The maximum atomic E-state index is 13.5. The zero-order valence-electron chi connectivity index (χ0n) is 10.9. The van der Waals surface area contributed by atoms with E-state index in [1.165, 1.54) is 12.1 Å². The van der Waals surface area contributed by atoms with Crippen LogP contribution in [-0.2, 0) is 4.79 Å². The van der Waals surface area contributed by atoms with Gasteiger partial charge in [-0.05, 0) is 43.9 Å². The van der Waals surface area contributed by atoms with E-state index in [4.69, 9.17) is 4.74 Å². The molecule has 0 radical (unpaired) electrons. The van der Waals surface area contributed by atoms with Crippen molar-refractivity contribution in [3.8, 4) is 5.75 Å². The minimum absolute atomic E-state index is 0.0578. The number of hydrogen-bond donors (Lipinski definition) is 2. The molecule has 0 bridgehead atoms. The van der Waals surface area contributed by atoms with Crippen LogP contribution in [0.1, 0.15) is 25.7 Å². The lowest BCUT2D eigenvalue weighted by Gasteiger charge is -2.26. The molecule has 1 aliphatic rings. The molecule has 1 aromatic carbocycles. The first-order valence-corrected chi connectivity index (χ1v) is 7.39. The predicted octanol–water partition coefficient (Wildman–Crippen LogP) is 2.39. The van der Waals surface area contributed by atoms with Crippen LogP contribution in [0.4, 0.5) is 4.39 Å². The summed E-state index contributed by atoms with van der Waals surface area (Å²) in [7, 11) is 0. The highest BCUT2D eigenvalue weighted by Crippen LogP contribution is 2.21. The number of carbonyl (C=O) groups excluding carboxylic acids is 1. The first-order chi connectivity index (χ1) is 9.54. The maximum absolute atomic E-state index is 13.5. The monoisotopic (exact) mass is 345 g/mol. The molecule has 1 fully saturated rings. The molecule has 1 aromatic rings. The molecule has 1 saturated carbocycles. The van der Waals surface area contributed by atoms with Crippen LogP contribution >= 0.6 is 15.9 Å². The molecule has 2 rings (SSSR count). The van der Waals surface area contributed by atoms with E-state index in [1.54, 1.807) is 6.07 Å². The Balaban J connectivity index is 1.77. The molecule has 0 atom stereocenters. The van der Waals surface area contributed by atoms with E-state index < -0.39 is 5.82 Å². The molecule has 110 valence electrons. The van der Waals surface area contributed by atoms with E-state index >= 15 is 0 Å². The van der Waals surface area contributed by atoms with Crippen LogP contribution in [-0.4, -0.2) is 29.8 Å². The molecule has 6 heteroatoms. The van der Waals surface area contributed by atoms with Gasteiger partial charge in [-0.3, -0.25) is 4.79 Å². The number of rotatable bonds is 4. The van der Waals surface area contributed by atoms with E-state index in [9.17, 15) is 14.3 Å². The topological polar surface area (TPSA) is 58.6 Å². The summed E-state index contributed by atoms with van der Waals surface area (Å²) in [4.78, 5) is 11.7. The highest BCUT2D eigenvalue weighted by molar-refractivity contribution is 9.10. The van der Waals surface area contributed by atoms with Crippen molar-refractivity contribution in [1.29, 1.82) is 0 Å². The summed E-state index contributed by atoms with van der Waals surface area (Å²) >= 11 is 3.15. The van der Waals surface area contributed by atoms with E-state index in [0.717, 1.165) is 12.8 Å². The smallest absolute Gasteiger partial charge is 0.258 e. The van der Waals surface area contributed by atoms with Gasteiger partial charge in [0, 0.05) is 10.5 Å². The van der Waals surface area contributed by atoms with Crippen molar-refractivity contribution in [2.75, 3.05) is 6.61 Å². The third-order valence-electron chi connectivity index (χ3n) is 3.31. The Hall–Kier alpha value is -1.14. The van der Waals surface area contributed by atoms with Gasteiger partial charge in [0.2, 0.25) is 0 Å². The molecule has 0 unspecified atom stereocenters. The number of carbonyl (C=O) groups is 1. The third-order valence-corrected chi connectivity index (χ3v) is 3.81. The van der Waals surface area contributed by atoms with Gasteiger partial charge in [-0.25, -0.2) is 4.39 Å². The number of halogens is 2. The first kappa shape index (κ1) is 15.3. The number of nitrogens with one attached hydrogen (secondary N) is 1. The molecule has 1 aliphatic carbocycles. The fourth-order valence-corrected chi connectivity index (χ4v) is 2.56. The highest BCUT2D eigenvalue weighted by Gasteiger charge is 2.20. The number of hydrogen-bond acceptors (Lipinski definition) is 3. The average molecular weight is 346 g/mol.